The molecule has 1 aromatic heterocycles. The highest BCUT2D eigenvalue weighted by molar-refractivity contribution is 7.25. The van der Waals surface area contributed by atoms with Gasteiger partial charge in [-0.05, 0) is 128 Å². The summed E-state index contributed by atoms with van der Waals surface area (Å²) in [6, 6.07) is 68.6. The minimum atomic E-state index is 0.0234. The monoisotopic (exact) mass is 800 g/mol. The van der Waals surface area contributed by atoms with E-state index in [1.54, 1.807) is 0 Å². The van der Waals surface area contributed by atoms with Crippen LogP contribution in [0.25, 0.3) is 108 Å². The van der Waals surface area contributed by atoms with Crippen LogP contribution in [0, 0.1) is 0 Å². The van der Waals surface area contributed by atoms with Crippen molar-refractivity contribution >= 4 is 74.6 Å². The summed E-state index contributed by atoms with van der Waals surface area (Å²) in [6.07, 6.45) is 0. The van der Waals surface area contributed by atoms with Gasteiger partial charge in [0.2, 0.25) is 0 Å². The van der Waals surface area contributed by atoms with E-state index in [1.807, 2.05) is 11.3 Å². The molecule has 0 aliphatic heterocycles. The lowest BCUT2D eigenvalue weighted by molar-refractivity contribution is 0.569. The Balaban J connectivity index is 1.11. The standard InChI is InChI=1S/C60H48S/c1-59(2,3)41-32-40(33-42(36-41)60(4,5)6)58-50-26-16-14-24-48(50)56(49-25-15-17-27-51(49)58)38-29-31-53-52(34-38)43-30-28-39(35-54(43)61-53)57-46-22-12-10-20-44(46)55(37-18-8-7-9-19-37)45-21-11-13-23-47(45)57/h7-36H,1-6H3. The second-order valence-electron chi connectivity index (χ2n) is 18.9. The van der Waals surface area contributed by atoms with E-state index in [0.29, 0.717) is 0 Å². The molecule has 0 aliphatic rings. The molecule has 0 unspecified atom stereocenters. The topological polar surface area (TPSA) is 0 Å². The molecule has 0 saturated heterocycles. The Kier molecular flexibility index (Phi) is 8.61. The van der Waals surface area contributed by atoms with Crippen molar-refractivity contribution in [2.45, 2.75) is 52.4 Å². The average Bonchev–Trinajstić information content (AvgIpc) is 3.64. The fraction of sp³-hybridized carbons (Fsp3) is 0.133. The van der Waals surface area contributed by atoms with Crippen molar-refractivity contribution in [1.82, 2.24) is 0 Å². The molecule has 294 valence electrons. The number of hydrogen-bond acceptors (Lipinski definition) is 1. The fourth-order valence-electron chi connectivity index (χ4n) is 9.83. The highest BCUT2D eigenvalue weighted by Gasteiger charge is 2.24. The van der Waals surface area contributed by atoms with Gasteiger partial charge in [0.25, 0.3) is 0 Å². The third-order valence-corrected chi connectivity index (χ3v) is 14.1. The van der Waals surface area contributed by atoms with E-state index in [2.05, 4.69) is 224 Å². The highest BCUT2D eigenvalue weighted by atomic mass is 32.1. The van der Waals surface area contributed by atoms with E-state index in [1.165, 1.54) is 119 Å². The molecule has 11 rings (SSSR count). The van der Waals surface area contributed by atoms with Crippen molar-refractivity contribution in [2.75, 3.05) is 0 Å². The molecule has 0 aliphatic carbocycles. The molecule has 0 radical (unpaired) electrons. The summed E-state index contributed by atoms with van der Waals surface area (Å²) in [6.45, 7) is 14.0. The van der Waals surface area contributed by atoms with Crippen LogP contribution >= 0.6 is 11.3 Å². The van der Waals surface area contributed by atoms with E-state index in [4.69, 9.17) is 0 Å². The van der Waals surface area contributed by atoms with Crippen molar-refractivity contribution in [3.63, 3.8) is 0 Å². The predicted octanol–water partition coefficient (Wildman–Crippen LogP) is 17.9. The Bertz CT molecular complexity index is 3390. The maximum absolute atomic E-state index is 2.46. The van der Waals surface area contributed by atoms with Crippen LogP contribution in [0.2, 0.25) is 0 Å². The van der Waals surface area contributed by atoms with Crippen LogP contribution < -0.4 is 0 Å². The van der Waals surface area contributed by atoms with Gasteiger partial charge in [-0.1, -0.05) is 205 Å². The summed E-state index contributed by atoms with van der Waals surface area (Å²) in [5, 5.41) is 12.9. The first kappa shape index (κ1) is 37.5. The van der Waals surface area contributed by atoms with Crippen molar-refractivity contribution < 1.29 is 0 Å². The third kappa shape index (κ3) is 6.17. The Hall–Kier alpha value is -6.54. The summed E-state index contributed by atoms with van der Waals surface area (Å²) in [7, 11) is 0. The zero-order valence-electron chi connectivity index (χ0n) is 35.7. The van der Waals surface area contributed by atoms with Crippen LogP contribution in [0.4, 0.5) is 0 Å². The van der Waals surface area contributed by atoms with Crippen LogP contribution in [0.5, 0.6) is 0 Å². The lowest BCUT2D eigenvalue weighted by atomic mass is 9.77. The summed E-state index contributed by atoms with van der Waals surface area (Å²) >= 11 is 1.90. The van der Waals surface area contributed by atoms with E-state index in [9.17, 15) is 0 Å². The van der Waals surface area contributed by atoms with Gasteiger partial charge in [0, 0.05) is 20.2 Å². The van der Waals surface area contributed by atoms with Gasteiger partial charge in [0.1, 0.15) is 0 Å². The molecule has 0 N–H and O–H groups in total. The van der Waals surface area contributed by atoms with E-state index in [0.717, 1.165) is 0 Å². The van der Waals surface area contributed by atoms with Gasteiger partial charge in [0.05, 0.1) is 0 Å². The first-order valence-electron chi connectivity index (χ1n) is 21.6. The van der Waals surface area contributed by atoms with Crippen LogP contribution in [0.1, 0.15) is 52.7 Å². The smallest absolute Gasteiger partial charge is 0.0361 e. The minimum absolute atomic E-state index is 0.0234. The molecule has 10 aromatic carbocycles. The quantitative estimate of drug-likeness (QED) is 0.156. The van der Waals surface area contributed by atoms with Crippen molar-refractivity contribution in [3.8, 4) is 44.5 Å². The maximum Gasteiger partial charge on any atom is 0.0361 e. The van der Waals surface area contributed by atoms with E-state index < -0.39 is 0 Å². The zero-order chi connectivity index (χ0) is 41.6. The number of thiophene rings is 1. The summed E-state index contributed by atoms with van der Waals surface area (Å²) < 4.78 is 2.62. The van der Waals surface area contributed by atoms with E-state index in [-0.39, 0.29) is 10.8 Å². The van der Waals surface area contributed by atoms with Gasteiger partial charge in [0.15, 0.2) is 0 Å². The highest BCUT2D eigenvalue weighted by Crippen LogP contribution is 2.48. The number of benzene rings is 10. The second-order valence-corrected chi connectivity index (χ2v) is 20.0. The molecule has 0 fully saturated rings. The van der Waals surface area contributed by atoms with Crippen molar-refractivity contribution in [1.29, 1.82) is 0 Å². The van der Waals surface area contributed by atoms with Gasteiger partial charge in [-0.25, -0.2) is 0 Å². The molecular formula is C60H48S. The normalized spacial score (nSPS) is 12.4. The first-order valence-corrected chi connectivity index (χ1v) is 22.4. The fourth-order valence-corrected chi connectivity index (χ4v) is 11.0. The van der Waals surface area contributed by atoms with Crippen LogP contribution in [-0.2, 0) is 10.8 Å². The zero-order valence-corrected chi connectivity index (χ0v) is 36.5. The van der Waals surface area contributed by atoms with Crippen LogP contribution in [0.3, 0.4) is 0 Å². The summed E-state index contributed by atoms with van der Waals surface area (Å²) in [5.41, 5.74) is 13.0. The molecule has 0 amide bonds. The predicted molar refractivity (Wildman–Crippen MR) is 268 cm³/mol. The Morgan fingerprint density at radius 3 is 1.08 bits per heavy atom. The number of rotatable bonds is 4. The maximum atomic E-state index is 2.46. The van der Waals surface area contributed by atoms with E-state index >= 15 is 0 Å². The van der Waals surface area contributed by atoms with Crippen LogP contribution in [0.15, 0.2) is 182 Å². The molecule has 1 heteroatoms. The minimum Gasteiger partial charge on any atom is -0.135 e. The number of fused-ring (bicyclic) bond motifs is 7. The lowest BCUT2D eigenvalue weighted by Crippen LogP contribution is -2.16. The van der Waals surface area contributed by atoms with Crippen LogP contribution in [-0.4, -0.2) is 0 Å². The average molecular weight is 801 g/mol. The third-order valence-electron chi connectivity index (χ3n) is 12.9. The van der Waals surface area contributed by atoms with Crippen molar-refractivity contribution in [2.24, 2.45) is 0 Å². The Morgan fingerprint density at radius 1 is 0.262 bits per heavy atom. The van der Waals surface area contributed by atoms with Gasteiger partial charge < -0.3 is 0 Å². The van der Waals surface area contributed by atoms with Crippen molar-refractivity contribution in [3.05, 3.63) is 193 Å². The van der Waals surface area contributed by atoms with Gasteiger partial charge in [-0.3, -0.25) is 0 Å². The van der Waals surface area contributed by atoms with Gasteiger partial charge >= 0.3 is 0 Å². The molecule has 61 heavy (non-hydrogen) atoms. The molecule has 0 atom stereocenters. The molecule has 11 aromatic rings. The SMILES string of the molecule is CC(C)(C)c1cc(-c2c3ccccc3c(-c3ccc4sc5cc(-c6c7ccccc7c(-c7ccccc7)c7ccccc67)ccc5c4c3)c3ccccc23)cc(C(C)(C)C)c1. The molecule has 0 bridgehead atoms. The molecular weight excluding hydrogens is 753 g/mol. The van der Waals surface area contributed by atoms with Gasteiger partial charge in [-0.2, -0.15) is 0 Å². The molecule has 0 saturated carbocycles. The second kappa shape index (κ2) is 14.0. The molecule has 0 nitrogen and oxygen atoms in total. The molecule has 0 spiro atoms. The largest absolute Gasteiger partial charge is 0.135 e. The number of hydrogen-bond donors (Lipinski definition) is 0. The Morgan fingerprint density at radius 2 is 0.639 bits per heavy atom. The summed E-state index contributed by atoms with van der Waals surface area (Å²) in [5.74, 6) is 0. The lowest BCUT2D eigenvalue weighted by Gasteiger charge is -2.27. The Labute approximate surface area is 362 Å². The molecule has 1 heterocycles. The van der Waals surface area contributed by atoms with Gasteiger partial charge in [-0.15, -0.1) is 11.3 Å². The summed E-state index contributed by atoms with van der Waals surface area (Å²) in [4.78, 5) is 0. The first-order chi connectivity index (χ1) is 29.5.